The molecule has 0 unspecified atom stereocenters. The smallest absolute Gasteiger partial charge is 0.254 e. The first-order chi connectivity index (χ1) is 14.3. The first kappa shape index (κ1) is 19.6. The van der Waals surface area contributed by atoms with Gasteiger partial charge in [-0.25, -0.2) is 0 Å². The van der Waals surface area contributed by atoms with Crippen LogP contribution in [0.3, 0.4) is 0 Å². The second kappa shape index (κ2) is 9.16. The molecule has 0 aliphatic carbocycles. The Hall–Kier alpha value is -2.76. The van der Waals surface area contributed by atoms with Crippen LogP contribution in [-0.2, 0) is 15.9 Å². The third kappa shape index (κ3) is 4.47. The summed E-state index contributed by atoms with van der Waals surface area (Å²) in [5.41, 5.74) is 2.80. The van der Waals surface area contributed by atoms with E-state index < -0.39 is 0 Å². The molecule has 1 fully saturated rings. The fourth-order valence-corrected chi connectivity index (χ4v) is 4.03. The van der Waals surface area contributed by atoms with E-state index >= 15 is 0 Å². The zero-order chi connectivity index (χ0) is 20.1. The van der Waals surface area contributed by atoms with Crippen LogP contribution in [0.5, 0.6) is 0 Å². The van der Waals surface area contributed by atoms with Gasteiger partial charge in [0, 0.05) is 30.8 Å². The SMILES string of the molecule is COCCO[C@@H]1CCN(C(=O)c2ccc3ncccc3c2)[C@H]1Cc1ccccc1. The Labute approximate surface area is 171 Å². The molecule has 1 saturated heterocycles. The molecule has 0 saturated carbocycles. The van der Waals surface area contributed by atoms with E-state index in [9.17, 15) is 4.79 Å². The molecule has 0 N–H and O–H groups in total. The van der Waals surface area contributed by atoms with Gasteiger partial charge < -0.3 is 14.4 Å². The highest BCUT2D eigenvalue weighted by atomic mass is 16.5. The maximum atomic E-state index is 13.4. The molecule has 2 aromatic carbocycles. The van der Waals surface area contributed by atoms with Gasteiger partial charge in [0.25, 0.3) is 5.91 Å². The van der Waals surface area contributed by atoms with Crippen LogP contribution < -0.4 is 0 Å². The largest absolute Gasteiger partial charge is 0.382 e. The number of hydrogen-bond acceptors (Lipinski definition) is 4. The third-order valence-electron chi connectivity index (χ3n) is 5.50. The predicted molar refractivity (Wildman–Crippen MR) is 113 cm³/mol. The van der Waals surface area contributed by atoms with Crippen molar-refractivity contribution in [3.8, 4) is 0 Å². The highest BCUT2D eigenvalue weighted by molar-refractivity contribution is 5.98. The monoisotopic (exact) mass is 390 g/mol. The number of rotatable bonds is 7. The average Bonchev–Trinajstić information content (AvgIpc) is 3.16. The van der Waals surface area contributed by atoms with Crippen molar-refractivity contribution < 1.29 is 14.3 Å². The number of carbonyl (C=O) groups excluding carboxylic acids is 1. The molecule has 1 aromatic heterocycles. The van der Waals surface area contributed by atoms with Gasteiger partial charge in [-0.2, -0.15) is 0 Å². The number of nitrogens with zero attached hydrogens (tertiary/aromatic N) is 2. The van der Waals surface area contributed by atoms with Gasteiger partial charge in [0.15, 0.2) is 0 Å². The molecular formula is C24H26N2O3. The van der Waals surface area contributed by atoms with Gasteiger partial charge in [0.1, 0.15) is 0 Å². The number of methoxy groups -OCH3 is 1. The Bertz CT molecular complexity index is 961. The van der Waals surface area contributed by atoms with Crippen molar-refractivity contribution in [1.82, 2.24) is 9.88 Å². The van der Waals surface area contributed by atoms with E-state index in [0.717, 1.165) is 23.7 Å². The van der Waals surface area contributed by atoms with Gasteiger partial charge in [0.05, 0.1) is 30.9 Å². The fourth-order valence-electron chi connectivity index (χ4n) is 4.03. The molecule has 0 bridgehead atoms. The van der Waals surface area contributed by atoms with Crippen molar-refractivity contribution in [2.45, 2.75) is 25.0 Å². The Kier molecular flexibility index (Phi) is 6.17. The molecule has 1 aliphatic rings. The first-order valence-corrected chi connectivity index (χ1v) is 10.1. The minimum Gasteiger partial charge on any atom is -0.382 e. The van der Waals surface area contributed by atoms with E-state index in [1.807, 2.05) is 53.4 Å². The van der Waals surface area contributed by atoms with E-state index in [-0.39, 0.29) is 18.1 Å². The molecule has 3 aromatic rings. The van der Waals surface area contributed by atoms with E-state index in [1.165, 1.54) is 5.56 Å². The van der Waals surface area contributed by atoms with Crippen molar-refractivity contribution in [3.63, 3.8) is 0 Å². The summed E-state index contributed by atoms with van der Waals surface area (Å²) in [5.74, 6) is 0.0505. The van der Waals surface area contributed by atoms with E-state index in [4.69, 9.17) is 9.47 Å². The summed E-state index contributed by atoms with van der Waals surface area (Å²) in [5, 5.41) is 0.977. The average molecular weight is 390 g/mol. The topological polar surface area (TPSA) is 51.7 Å². The molecule has 5 nitrogen and oxygen atoms in total. The molecule has 29 heavy (non-hydrogen) atoms. The highest BCUT2D eigenvalue weighted by Crippen LogP contribution is 2.27. The second-order valence-corrected chi connectivity index (χ2v) is 7.36. The summed E-state index contributed by atoms with van der Waals surface area (Å²) in [6.07, 6.45) is 3.39. The number of likely N-dealkylation sites (tertiary alicyclic amines) is 1. The molecule has 2 atom stereocenters. The number of aromatic nitrogens is 1. The van der Waals surface area contributed by atoms with Crippen LogP contribution in [0, 0.1) is 0 Å². The maximum absolute atomic E-state index is 13.4. The lowest BCUT2D eigenvalue weighted by Gasteiger charge is -2.28. The number of fused-ring (bicyclic) bond motifs is 1. The fraction of sp³-hybridized carbons (Fsp3) is 0.333. The van der Waals surface area contributed by atoms with Gasteiger partial charge in [-0.3, -0.25) is 9.78 Å². The molecule has 150 valence electrons. The summed E-state index contributed by atoms with van der Waals surface area (Å²) in [4.78, 5) is 19.7. The Balaban J connectivity index is 1.57. The van der Waals surface area contributed by atoms with Crippen molar-refractivity contribution in [2.24, 2.45) is 0 Å². The van der Waals surface area contributed by atoms with Crippen LogP contribution in [0.1, 0.15) is 22.3 Å². The number of ether oxygens (including phenoxy) is 2. The lowest BCUT2D eigenvalue weighted by atomic mass is 10.0. The number of hydrogen-bond donors (Lipinski definition) is 0. The Morgan fingerprint density at radius 3 is 2.79 bits per heavy atom. The quantitative estimate of drug-likeness (QED) is 0.577. The van der Waals surface area contributed by atoms with Crippen molar-refractivity contribution >= 4 is 16.8 Å². The van der Waals surface area contributed by atoms with Crippen LogP contribution in [0.15, 0.2) is 66.9 Å². The van der Waals surface area contributed by atoms with Crippen molar-refractivity contribution in [3.05, 3.63) is 78.0 Å². The van der Waals surface area contributed by atoms with E-state index in [1.54, 1.807) is 13.3 Å². The van der Waals surface area contributed by atoms with Gasteiger partial charge in [-0.05, 0) is 42.7 Å². The first-order valence-electron chi connectivity index (χ1n) is 10.1. The molecule has 1 amide bonds. The molecule has 2 heterocycles. The normalized spacial score (nSPS) is 19.0. The van der Waals surface area contributed by atoms with E-state index in [2.05, 4.69) is 17.1 Å². The molecule has 0 radical (unpaired) electrons. The van der Waals surface area contributed by atoms with E-state index in [0.29, 0.717) is 25.3 Å². The van der Waals surface area contributed by atoms with Gasteiger partial charge in [-0.15, -0.1) is 0 Å². The summed E-state index contributed by atoms with van der Waals surface area (Å²) in [6, 6.07) is 19.9. The lowest BCUT2D eigenvalue weighted by Crippen LogP contribution is -2.42. The van der Waals surface area contributed by atoms with Crippen LogP contribution in [-0.4, -0.2) is 54.8 Å². The summed E-state index contributed by atoms with van der Waals surface area (Å²) >= 11 is 0. The minimum atomic E-state index is 0.00588. The van der Waals surface area contributed by atoms with Crippen molar-refractivity contribution in [2.75, 3.05) is 26.9 Å². The van der Waals surface area contributed by atoms with Gasteiger partial charge in [0.2, 0.25) is 0 Å². The van der Waals surface area contributed by atoms with Crippen molar-refractivity contribution in [1.29, 1.82) is 0 Å². The standard InChI is InChI=1S/C24H26N2O3/c1-28-14-15-29-23-11-13-26(22(23)16-18-6-3-2-4-7-18)24(27)20-9-10-21-19(17-20)8-5-12-25-21/h2-10,12,17,22-23H,11,13-16H2,1H3/t22-,23+/m0/s1. The maximum Gasteiger partial charge on any atom is 0.254 e. The van der Waals surface area contributed by atoms with Crippen LogP contribution in [0.4, 0.5) is 0 Å². The van der Waals surface area contributed by atoms with Crippen LogP contribution >= 0.6 is 0 Å². The molecule has 1 aliphatic heterocycles. The number of amides is 1. The summed E-state index contributed by atoms with van der Waals surface area (Å²) < 4.78 is 11.2. The second-order valence-electron chi connectivity index (χ2n) is 7.36. The highest BCUT2D eigenvalue weighted by Gasteiger charge is 2.38. The minimum absolute atomic E-state index is 0.00588. The Morgan fingerprint density at radius 1 is 1.10 bits per heavy atom. The van der Waals surface area contributed by atoms with Crippen LogP contribution in [0.2, 0.25) is 0 Å². The summed E-state index contributed by atoms with van der Waals surface area (Å²) in [7, 11) is 1.67. The third-order valence-corrected chi connectivity index (χ3v) is 5.50. The lowest BCUT2D eigenvalue weighted by molar-refractivity contribution is 0.000498. The number of pyridine rings is 1. The molecule has 4 rings (SSSR count). The number of benzene rings is 2. The zero-order valence-electron chi connectivity index (χ0n) is 16.7. The molecule has 0 spiro atoms. The zero-order valence-corrected chi connectivity index (χ0v) is 16.7. The van der Waals surface area contributed by atoms with Gasteiger partial charge in [-0.1, -0.05) is 36.4 Å². The van der Waals surface area contributed by atoms with Gasteiger partial charge >= 0.3 is 0 Å². The summed E-state index contributed by atoms with van der Waals surface area (Å²) in [6.45, 7) is 1.79. The Morgan fingerprint density at radius 2 is 1.97 bits per heavy atom. The molecular weight excluding hydrogens is 364 g/mol. The number of carbonyl (C=O) groups is 1. The predicted octanol–water partition coefficient (Wildman–Crippen LogP) is 3.72. The molecule has 5 heteroatoms. The van der Waals surface area contributed by atoms with Crippen LogP contribution in [0.25, 0.3) is 10.9 Å².